The Bertz CT molecular complexity index is 911. The molecule has 0 saturated carbocycles. The molecule has 3 rings (SSSR count). The first kappa shape index (κ1) is 18.7. The molecule has 1 aliphatic heterocycles. The fraction of sp³-hybridized carbons (Fsp3) is 0.421. The third kappa shape index (κ3) is 3.29. The molecular weight excluding hydrogens is 352 g/mol. The number of furan rings is 1. The van der Waals surface area contributed by atoms with Crippen molar-refractivity contribution in [2.24, 2.45) is 0 Å². The predicted octanol–water partition coefficient (Wildman–Crippen LogP) is 3.35. The maximum Gasteiger partial charge on any atom is 0.294 e. The highest BCUT2D eigenvalue weighted by molar-refractivity contribution is 7.89. The Morgan fingerprint density at radius 2 is 1.85 bits per heavy atom. The van der Waals surface area contributed by atoms with Gasteiger partial charge in [-0.2, -0.15) is 4.31 Å². The number of hydrogen-bond acceptors (Lipinski definition) is 4. The van der Waals surface area contributed by atoms with Crippen molar-refractivity contribution in [3.05, 3.63) is 47.4 Å². The van der Waals surface area contributed by atoms with Crippen LogP contribution in [0.3, 0.4) is 0 Å². The maximum absolute atomic E-state index is 13.0. The normalized spacial score (nSPS) is 15.3. The second-order valence-corrected chi connectivity index (χ2v) is 8.38. The predicted molar refractivity (Wildman–Crippen MR) is 100.0 cm³/mol. The summed E-state index contributed by atoms with van der Waals surface area (Å²) in [5, 5.41) is 0. The monoisotopic (exact) mass is 376 g/mol. The molecule has 2 heterocycles. The number of para-hydroxylation sites is 1. The summed E-state index contributed by atoms with van der Waals surface area (Å²) in [6.45, 7) is 6.88. The molecule has 6 nitrogen and oxygen atoms in total. The Morgan fingerprint density at radius 3 is 2.46 bits per heavy atom. The molecule has 0 atom stereocenters. The molecule has 0 bridgehead atoms. The van der Waals surface area contributed by atoms with Crippen molar-refractivity contribution in [2.75, 3.05) is 24.5 Å². The van der Waals surface area contributed by atoms with Crippen LogP contribution in [-0.4, -0.2) is 38.3 Å². The van der Waals surface area contributed by atoms with Gasteiger partial charge in [-0.3, -0.25) is 4.79 Å². The van der Waals surface area contributed by atoms with Gasteiger partial charge in [0, 0.05) is 31.4 Å². The van der Waals surface area contributed by atoms with Gasteiger partial charge in [-0.25, -0.2) is 8.42 Å². The number of hydrogen-bond donors (Lipinski definition) is 0. The lowest BCUT2D eigenvalue weighted by Crippen LogP contribution is -2.31. The highest BCUT2D eigenvalue weighted by Gasteiger charge is 2.32. The first-order valence-electron chi connectivity index (χ1n) is 8.84. The van der Waals surface area contributed by atoms with E-state index in [1.165, 1.54) is 10.4 Å². The zero-order valence-corrected chi connectivity index (χ0v) is 16.2. The number of nitrogens with zero attached hydrogens (tertiary/aromatic N) is 2. The summed E-state index contributed by atoms with van der Waals surface area (Å²) >= 11 is 0. The van der Waals surface area contributed by atoms with Crippen molar-refractivity contribution in [1.82, 2.24) is 4.31 Å². The Hall–Kier alpha value is -2.12. The minimum absolute atomic E-state index is 0.0466. The quantitative estimate of drug-likeness (QED) is 0.802. The minimum Gasteiger partial charge on any atom is -0.455 e. The van der Waals surface area contributed by atoms with E-state index < -0.39 is 10.0 Å². The van der Waals surface area contributed by atoms with Crippen LogP contribution in [0.1, 0.15) is 41.6 Å². The summed E-state index contributed by atoms with van der Waals surface area (Å²) in [4.78, 5) is 14.6. The fourth-order valence-electron chi connectivity index (χ4n) is 3.32. The molecule has 1 aliphatic rings. The van der Waals surface area contributed by atoms with Gasteiger partial charge in [0.2, 0.25) is 10.0 Å². The lowest BCUT2D eigenvalue weighted by molar-refractivity contribution is 0.0960. The van der Waals surface area contributed by atoms with Gasteiger partial charge in [0.15, 0.2) is 5.76 Å². The number of aryl methyl sites for hydroxylation is 2. The largest absolute Gasteiger partial charge is 0.455 e. The number of benzene rings is 1. The second-order valence-electron chi connectivity index (χ2n) is 6.48. The minimum atomic E-state index is -3.62. The van der Waals surface area contributed by atoms with E-state index in [0.29, 0.717) is 19.6 Å². The Kier molecular flexibility index (Phi) is 5.20. The molecule has 7 heteroatoms. The van der Waals surface area contributed by atoms with E-state index in [-0.39, 0.29) is 22.3 Å². The Balaban J connectivity index is 1.95. The van der Waals surface area contributed by atoms with Gasteiger partial charge in [-0.15, -0.1) is 0 Å². The van der Waals surface area contributed by atoms with Crippen molar-refractivity contribution >= 4 is 21.6 Å². The zero-order valence-electron chi connectivity index (χ0n) is 15.4. The topological polar surface area (TPSA) is 70.8 Å². The molecule has 1 amide bonds. The van der Waals surface area contributed by atoms with Crippen LogP contribution >= 0.6 is 0 Å². The maximum atomic E-state index is 13.0. The number of carbonyl (C=O) groups excluding carboxylic acids is 1. The van der Waals surface area contributed by atoms with Gasteiger partial charge < -0.3 is 9.32 Å². The van der Waals surface area contributed by atoms with E-state index >= 15 is 0 Å². The van der Waals surface area contributed by atoms with Crippen LogP contribution in [0.5, 0.6) is 0 Å². The van der Waals surface area contributed by atoms with Crippen LogP contribution in [0, 0.1) is 13.8 Å². The molecule has 0 N–H and O–H groups in total. The third-order valence-corrected chi connectivity index (χ3v) is 6.74. The Morgan fingerprint density at radius 1 is 1.19 bits per heavy atom. The number of rotatable bonds is 5. The molecule has 2 aromatic rings. The van der Waals surface area contributed by atoms with Gasteiger partial charge >= 0.3 is 0 Å². The molecule has 0 unspecified atom stereocenters. The second kappa shape index (κ2) is 7.25. The smallest absolute Gasteiger partial charge is 0.294 e. The van der Waals surface area contributed by atoms with Crippen molar-refractivity contribution in [2.45, 2.75) is 38.5 Å². The van der Waals surface area contributed by atoms with Crippen LogP contribution in [0.2, 0.25) is 0 Å². The number of sulfonamides is 1. The van der Waals surface area contributed by atoms with Gasteiger partial charge in [0.25, 0.3) is 5.91 Å². The SMILES string of the molecule is CCN(C(=O)c1cc(S(=O)(=O)N2CCCC2)c(C)o1)c1ccccc1C. The molecule has 26 heavy (non-hydrogen) atoms. The molecule has 0 aliphatic carbocycles. The standard InChI is InChI=1S/C19H24N2O4S/c1-4-21(16-10-6-5-9-14(16)2)19(22)17-13-18(15(3)25-17)26(23,24)20-11-7-8-12-20/h5-6,9-10,13H,4,7-8,11-12H2,1-3H3. The molecule has 0 radical (unpaired) electrons. The highest BCUT2D eigenvalue weighted by Crippen LogP contribution is 2.28. The van der Waals surface area contributed by atoms with Crippen molar-refractivity contribution in [3.8, 4) is 0 Å². The van der Waals surface area contributed by atoms with E-state index in [2.05, 4.69) is 0 Å². The Labute approximate surface area is 154 Å². The van der Waals surface area contributed by atoms with Crippen LogP contribution in [0.25, 0.3) is 0 Å². The highest BCUT2D eigenvalue weighted by atomic mass is 32.2. The molecule has 0 spiro atoms. The lowest BCUT2D eigenvalue weighted by atomic mass is 10.1. The van der Waals surface area contributed by atoms with Crippen LogP contribution in [0.4, 0.5) is 5.69 Å². The van der Waals surface area contributed by atoms with E-state index in [1.54, 1.807) is 11.8 Å². The zero-order chi connectivity index (χ0) is 18.9. The van der Waals surface area contributed by atoms with Crippen molar-refractivity contribution in [3.63, 3.8) is 0 Å². The number of carbonyl (C=O) groups is 1. The third-order valence-electron chi connectivity index (χ3n) is 4.73. The molecule has 1 fully saturated rings. The summed E-state index contributed by atoms with van der Waals surface area (Å²) < 4.78 is 32.6. The lowest BCUT2D eigenvalue weighted by Gasteiger charge is -2.21. The van der Waals surface area contributed by atoms with Gasteiger partial charge in [-0.05, 0) is 45.2 Å². The van der Waals surface area contributed by atoms with Gasteiger partial charge in [0.05, 0.1) is 0 Å². The van der Waals surface area contributed by atoms with Crippen molar-refractivity contribution < 1.29 is 17.6 Å². The van der Waals surface area contributed by atoms with E-state index in [0.717, 1.165) is 24.1 Å². The van der Waals surface area contributed by atoms with Gasteiger partial charge in [-0.1, -0.05) is 18.2 Å². The molecular formula is C19H24N2O4S. The van der Waals surface area contributed by atoms with E-state index in [1.807, 2.05) is 38.1 Å². The molecule has 1 saturated heterocycles. The van der Waals surface area contributed by atoms with Gasteiger partial charge in [0.1, 0.15) is 10.7 Å². The molecule has 1 aromatic heterocycles. The first-order valence-corrected chi connectivity index (χ1v) is 10.3. The average Bonchev–Trinajstić information content (AvgIpc) is 3.27. The van der Waals surface area contributed by atoms with Crippen molar-refractivity contribution in [1.29, 1.82) is 0 Å². The van der Waals surface area contributed by atoms with E-state index in [9.17, 15) is 13.2 Å². The summed E-state index contributed by atoms with van der Waals surface area (Å²) in [6.07, 6.45) is 1.72. The number of amides is 1. The summed E-state index contributed by atoms with van der Waals surface area (Å²) in [7, 11) is -3.62. The van der Waals surface area contributed by atoms with Crippen LogP contribution in [0.15, 0.2) is 39.6 Å². The van der Waals surface area contributed by atoms with Crippen LogP contribution in [-0.2, 0) is 10.0 Å². The first-order chi connectivity index (χ1) is 12.4. The molecule has 1 aromatic carbocycles. The summed E-state index contributed by atoms with van der Waals surface area (Å²) in [5.41, 5.74) is 1.76. The average molecular weight is 376 g/mol. The van der Waals surface area contributed by atoms with E-state index in [4.69, 9.17) is 4.42 Å². The molecule has 140 valence electrons. The number of anilines is 1. The van der Waals surface area contributed by atoms with Crippen LogP contribution < -0.4 is 4.90 Å². The summed E-state index contributed by atoms with van der Waals surface area (Å²) in [5.74, 6) is -0.0424. The fourth-order valence-corrected chi connectivity index (χ4v) is 5.00. The summed E-state index contributed by atoms with van der Waals surface area (Å²) in [6, 6.07) is 8.95.